The van der Waals surface area contributed by atoms with Gasteiger partial charge in [0.25, 0.3) is 0 Å². The van der Waals surface area contributed by atoms with E-state index in [1.165, 1.54) is 7.11 Å². The molecule has 0 saturated carbocycles. The minimum absolute atomic E-state index is 0.0452. The molecule has 0 aliphatic carbocycles. The molecular formula is C25H32N4O5. The van der Waals surface area contributed by atoms with E-state index in [2.05, 4.69) is 15.6 Å². The van der Waals surface area contributed by atoms with Gasteiger partial charge in [0.15, 0.2) is 5.69 Å². The Morgan fingerprint density at radius 3 is 2.56 bits per heavy atom. The highest BCUT2D eigenvalue weighted by Crippen LogP contribution is 2.33. The van der Waals surface area contributed by atoms with E-state index in [0.717, 1.165) is 11.3 Å². The molecule has 34 heavy (non-hydrogen) atoms. The van der Waals surface area contributed by atoms with E-state index in [1.54, 1.807) is 25.0 Å². The summed E-state index contributed by atoms with van der Waals surface area (Å²) < 4.78 is 17.2. The molecule has 1 aromatic carbocycles. The van der Waals surface area contributed by atoms with Crippen LogP contribution >= 0.6 is 0 Å². The summed E-state index contributed by atoms with van der Waals surface area (Å²) in [6, 6.07) is 11.7. The summed E-state index contributed by atoms with van der Waals surface area (Å²) in [6.07, 6.45) is 2.55. The summed E-state index contributed by atoms with van der Waals surface area (Å²) in [4.78, 5) is 30.3. The third-order valence-corrected chi connectivity index (χ3v) is 5.37. The average molecular weight is 469 g/mol. The van der Waals surface area contributed by atoms with Crippen LogP contribution in [-0.4, -0.2) is 62.0 Å². The van der Waals surface area contributed by atoms with Crippen LogP contribution in [0.15, 0.2) is 42.6 Å². The van der Waals surface area contributed by atoms with Crippen molar-refractivity contribution in [2.45, 2.75) is 32.4 Å². The number of carbonyl (C=O) groups excluding carboxylic acids is 2. The normalized spacial score (nSPS) is 11.9. The maximum atomic E-state index is 12.9. The summed E-state index contributed by atoms with van der Waals surface area (Å²) in [5, 5.41) is 6.91. The quantitative estimate of drug-likeness (QED) is 0.392. The van der Waals surface area contributed by atoms with Gasteiger partial charge in [0.2, 0.25) is 5.91 Å². The highest BCUT2D eigenvalue weighted by Gasteiger charge is 2.26. The summed E-state index contributed by atoms with van der Waals surface area (Å²) in [5.41, 5.74) is 2.98. The first-order chi connectivity index (χ1) is 16.5. The number of nitrogens with one attached hydrogen (secondary N) is 2. The molecule has 0 unspecified atom stereocenters. The number of carbonyl (C=O) groups is 2. The van der Waals surface area contributed by atoms with Crippen LogP contribution in [0.25, 0.3) is 11.0 Å². The van der Waals surface area contributed by atoms with Crippen molar-refractivity contribution in [1.29, 1.82) is 0 Å². The predicted molar refractivity (Wildman–Crippen MR) is 131 cm³/mol. The summed E-state index contributed by atoms with van der Waals surface area (Å²) in [7, 11) is 4.54. The minimum Gasteiger partial charge on any atom is -0.464 e. The number of benzene rings is 1. The van der Waals surface area contributed by atoms with Crippen LogP contribution in [0.3, 0.4) is 0 Å². The Bertz CT molecular complexity index is 1110. The molecule has 0 radical (unpaired) electrons. The lowest BCUT2D eigenvalue weighted by atomic mass is 10.1. The van der Waals surface area contributed by atoms with Crippen LogP contribution in [-0.2, 0) is 32.0 Å². The summed E-state index contributed by atoms with van der Waals surface area (Å²) >= 11 is 0. The molecule has 9 nitrogen and oxygen atoms in total. The van der Waals surface area contributed by atoms with Crippen molar-refractivity contribution < 1.29 is 23.8 Å². The zero-order valence-electron chi connectivity index (χ0n) is 20.1. The molecule has 9 heteroatoms. The monoisotopic (exact) mass is 468 g/mol. The van der Waals surface area contributed by atoms with Crippen molar-refractivity contribution in [3.05, 3.63) is 53.9 Å². The van der Waals surface area contributed by atoms with Gasteiger partial charge in [-0.3, -0.25) is 4.79 Å². The van der Waals surface area contributed by atoms with Crippen molar-refractivity contribution >= 4 is 34.3 Å². The molecule has 3 rings (SSSR count). The number of anilines is 2. The Kier molecular flexibility index (Phi) is 9.00. The van der Waals surface area contributed by atoms with Gasteiger partial charge >= 0.3 is 5.97 Å². The van der Waals surface area contributed by atoms with E-state index in [0.29, 0.717) is 42.9 Å². The molecule has 0 saturated heterocycles. The van der Waals surface area contributed by atoms with Gasteiger partial charge in [-0.25, -0.2) is 9.78 Å². The number of esters is 1. The smallest absolute Gasteiger partial charge is 0.356 e. The van der Waals surface area contributed by atoms with Crippen molar-refractivity contribution in [2.75, 3.05) is 45.2 Å². The predicted octanol–water partition coefficient (Wildman–Crippen LogP) is 3.49. The van der Waals surface area contributed by atoms with E-state index in [9.17, 15) is 9.59 Å². The Morgan fingerprint density at radius 2 is 1.88 bits per heavy atom. The number of ether oxygens (including phenoxy) is 3. The third-order valence-electron chi connectivity index (χ3n) is 5.37. The van der Waals surface area contributed by atoms with Gasteiger partial charge < -0.3 is 29.4 Å². The lowest BCUT2D eigenvalue weighted by Gasteiger charge is -2.14. The maximum absolute atomic E-state index is 12.9. The van der Waals surface area contributed by atoms with Crippen molar-refractivity contribution in [3.8, 4) is 0 Å². The second kappa shape index (κ2) is 12.2. The van der Waals surface area contributed by atoms with Crippen LogP contribution in [0.2, 0.25) is 0 Å². The molecule has 0 fully saturated rings. The SMILES string of the molecule is COCCn1c(C(=O)OC)c(NC(=O)CCc2ccccc2)c2cc(N[C@@H](C)COC)cnc21. The molecular weight excluding hydrogens is 436 g/mol. The fourth-order valence-electron chi connectivity index (χ4n) is 3.82. The molecule has 2 aromatic heterocycles. The Balaban J connectivity index is 1.99. The minimum atomic E-state index is -0.560. The number of amides is 1. The third kappa shape index (κ3) is 6.12. The van der Waals surface area contributed by atoms with Gasteiger partial charge in [0, 0.05) is 38.6 Å². The fourth-order valence-corrected chi connectivity index (χ4v) is 3.82. The van der Waals surface area contributed by atoms with Gasteiger partial charge in [0.1, 0.15) is 5.65 Å². The average Bonchev–Trinajstić information content (AvgIpc) is 3.14. The van der Waals surface area contributed by atoms with Crippen molar-refractivity contribution in [2.24, 2.45) is 0 Å². The van der Waals surface area contributed by atoms with Gasteiger partial charge in [0.05, 0.1) is 37.9 Å². The summed E-state index contributed by atoms with van der Waals surface area (Å²) in [6.45, 7) is 3.24. The molecule has 2 heterocycles. The first kappa shape index (κ1) is 25.2. The second-order valence-electron chi connectivity index (χ2n) is 7.99. The highest BCUT2D eigenvalue weighted by atomic mass is 16.5. The molecule has 0 spiro atoms. The molecule has 0 aliphatic heterocycles. The number of rotatable bonds is 12. The first-order valence-electron chi connectivity index (χ1n) is 11.2. The number of aromatic nitrogens is 2. The Labute approximate surface area is 199 Å². The van der Waals surface area contributed by atoms with Gasteiger partial charge in [-0.2, -0.15) is 0 Å². The maximum Gasteiger partial charge on any atom is 0.356 e. The van der Waals surface area contributed by atoms with Crippen molar-refractivity contribution in [1.82, 2.24) is 9.55 Å². The van der Waals surface area contributed by atoms with Crippen LogP contribution in [0.4, 0.5) is 11.4 Å². The molecule has 1 atom stereocenters. The zero-order valence-corrected chi connectivity index (χ0v) is 20.1. The van der Waals surface area contributed by atoms with Crippen LogP contribution in [0, 0.1) is 0 Å². The lowest BCUT2D eigenvalue weighted by molar-refractivity contribution is -0.116. The first-order valence-corrected chi connectivity index (χ1v) is 11.2. The summed E-state index contributed by atoms with van der Waals surface area (Å²) in [5.74, 6) is -0.763. The van der Waals surface area contributed by atoms with Gasteiger partial charge in [-0.1, -0.05) is 30.3 Å². The molecule has 182 valence electrons. The zero-order chi connectivity index (χ0) is 24.5. The van der Waals surface area contributed by atoms with E-state index >= 15 is 0 Å². The number of aryl methyl sites for hydroxylation is 1. The standard InChI is InChI=1S/C25H32N4O5/c1-17(16-33-3)27-19-14-20-22(28-21(30)11-10-18-8-6-5-7-9-18)23(25(31)34-4)29(12-13-32-2)24(20)26-15-19/h5-9,14-15,17,27H,10-13,16H2,1-4H3,(H,28,30)/t17-/m0/s1. The van der Waals surface area contributed by atoms with E-state index in [-0.39, 0.29) is 24.1 Å². The number of pyridine rings is 1. The van der Waals surface area contributed by atoms with Gasteiger partial charge in [-0.05, 0) is 25.0 Å². The molecule has 3 aromatic rings. The number of nitrogens with zero attached hydrogens (tertiary/aromatic N) is 2. The highest BCUT2D eigenvalue weighted by molar-refractivity contribution is 6.11. The largest absolute Gasteiger partial charge is 0.464 e. The topological polar surface area (TPSA) is 104 Å². The molecule has 0 bridgehead atoms. The molecule has 0 aliphatic rings. The number of hydrogen-bond donors (Lipinski definition) is 2. The van der Waals surface area contributed by atoms with Gasteiger partial charge in [-0.15, -0.1) is 0 Å². The van der Waals surface area contributed by atoms with E-state index in [4.69, 9.17) is 14.2 Å². The van der Waals surface area contributed by atoms with Crippen LogP contribution in [0.5, 0.6) is 0 Å². The fraction of sp³-hybridized carbons (Fsp3) is 0.400. The second-order valence-corrected chi connectivity index (χ2v) is 7.99. The van der Waals surface area contributed by atoms with E-state index in [1.807, 2.05) is 43.3 Å². The molecule has 2 N–H and O–H groups in total. The molecule has 1 amide bonds. The lowest BCUT2D eigenvalue weighted by Crippen LogP contribution is -2.20. The number of methoxy groups -OCH3 is 3. The Morgan fingerprint density at radius 1 is 1.12 bits per heavy atom. The van der Waals surface area contributed by atoms with Crippen LogP contribution < -0.4 is 10.6 Å². The number of fused-ring (bicyclic) bond motifs is 1. The van der Waals surface area contributed by atoms with Crippen LogP contribution in [0.1, 0.15) is 29.4 Å². The Hall–Kier alpha value is -3.43. The van der Waals surface area contributed by atoms with Crippen molar-refractivity contribution in [3.63, 3.8) is 0 Å². The number of hydrogen-bond acceptors (Lipinski definition) is 7. The van der Waals surface area contributed by atoms with E-state index < -0.39 is 5.97 Å².